The molecule has 0 atom stereocenters. The first-order chi connectivity index (χ1) is 18.1. The molecule has 0 spiro atoms. The molecule has 0 radical (unpaired) electrons. The van der Waals surface area contributed by atoms with Gasteiger partial charge >= 0.3 is 6.09 Å². The van der Waals surface area contributed by atoms with Gasteiger partial charge in [-0.25, -0.2) is 18.2 Å². The number of carboxylic acid groups (broad SMARTS) is 1. The summed E-state index contributed by atoms with van der Waals surface area (Å²) < 4.78 is 45.2. The molecule has 0 unspecified atom stereocenters. The number of hydrogen-bond donors (Lipinski definition) is 3. The van der Waals surface area contributed by atoms with E-state index in [1.807, 2.05) is 0 Å². The molecule has 0 fully saturated rings. The Labute approximate surface area is 230 Å². The quantitative estimate of drug-likeness (QED) is 0.219. The molecule has 2 aromatic rings. The van der Waals surface area contributed by atoms with Crippen LogP contribution in [0.2, 0.25) is 5.02 Å². The Morgan fingerprint density at radius 1 is 1.00 bits per heavy atom. The second-order valence-corrected chi connectivity index (χ2v) is 11.2. The Bertz CT molecular complexity index is 1160. The van der Waals surface area contributed by atoms with Crippen molar-refractivity contribution in [2.45, 2.75) is 18.2 Å². The summed E-state index contributed by atoms with van der Waals surface area (Å²) in [6, 6.07) is 4.75. The summed E-state index contributed by atoms with van der Waals surface area (Å²) in [4.78, 5) is 27.6. The molecule has 1 aromatic carbocycles. The Morgan fingerprint density at radius 2 is 1.58 bits per heavy atom. The van der Waals surface area contributed by atoms with Gasteiger partial charge in [-0.15, -0.1) is 0 Å². The van der Waals surface area contributed by atoms with E-state index in [-0.39, 0.29) is 42.0 Å². The van der Waals surface area contributed by atoms with E-state index in [0.717, 1.165) is 11.1 Å². The minimum Gasteiger partial charge on any atom is -0.465 e. The monoisotopic (exact) mass is 593 g/mol. The molecule has 2 rings (SSSR count). The van der Waals surface area contributed by atoms with Crippen LogP contribution < -0.4 is 10.6 Å². The number of nitrogens with one attached hydrogen (secondary N) is 2. The number of benzene rings is 1. The predicted octanol–water partition coefficient (Wildman–Crippen LogP) is 2.84. The second-order valence-electron chi connectivity index (χ2n) is 7.83. The normalized spacial score (nSPS) is 11.4. The average Bonchev–Trinajstić information content (AvgIpc) is 3.20. The number of ether oxygens (including phenoxy) is 4. The maximum absolute atomic E-state index is 12.2. The van der Waals surface area contributed by atoms with Gasteiger partial charge in [-0.3, -0.25) is 4.79 Å². The number of carbonyl (C=O) groups is 2. The summed E-state index contributed by atoms with van der Waals surface area (Å²) in [5.41, 5.74) is 1.31. The van der Waals surface area contributed by atoms with Crippen LogP contribution in [0.3, 0.4) is 0 Å². The first-order valence-electron chi connectivity index (χ1n) is 11.6. The topological polar surface area (TPSA) is 162 Å². The van der Waals surface area contributed by atoms with Crippen LogP contribution in [0.15, 0.2) is 23.1 Å². The molecule has 2 amide bonds. The number of thiazole rings is 1. The van der Waals surface area contributed by atoms with Crippen molar-refractivity contribution in [1.82, 2.24) is 10.3 Å². The fourth-order valence-electron chi connectivity index (χ4n) is 2.99. The number of rotatable bonds is 18. The lowest BCUT2D eigenvalue weighted by Crippen LogP contribution is -2.25. The third kappa shape index (κ3) is 12.0. The zero-order valence-electron chi connectivity index (χ0n) is 21.2. The number of hydrogen-bond acceptors (Lipinski definition) is 10. The molecular weight excluding hydrogens is 562 g/mol. The van der Waals surface area contributed by atoms with Crippen molar-refractivity contribution in [1.29, 1.82) is 0 Å². The molecule has 212 valence electrons. The van der Waals surface area contributed by atoms with Crippen molar-refractivity contribution in [3.8, 4) is 10.4 Å². The molecular formula is C23H32ClN3O9S2. The Balaban J connectivity index is 1.58. The van der Waals surface area contributed by atoms with Gasteiger partial charge in [0.1, 0.15) is 0 Å². The molecule has 0 saturated heterocycles. The van der Waals surface area contributed by atoms with Crippen LogP contribution in [-0.4, -0.2) is 96.2 Å². The minimum atomic E-state index is -3.49. The van der Waals surface area contributed by atoms with Gasteiger partial charge in [0, 0.05) is 12.8 Å². The SMILES string of the molecule is Cc1nc(NC(=O)CCOCCOCCOCCOCCNC(=O)O)sc1-c1ccc(Cl)c(S(C)(=O)=O)c1. The van der Waals surface area contributed by atoms with E-state index in [1.165, 1.54) is 23.5 Å². The van der Waals surface area contributed by atoms with Crippen molar-refractivity contribution < 1.29 is 42.1 Å². The largest absolute Gasteiger partial charge is 0.465 e. The molecule has 1 heterocycles. The second kappa shape index (κ2) is 16.6. The smallest absolute Gasteiger partial charge is 0.404 e. The molecule has 0 aliphatic heterocycles. The average molecular weight is 594 g/mol. The lowest BCUT2D eigenvalue weighted by molar-refractivity contribution is -0.117. The zero-order chi connectivity index (χ0) is 28.0. The minimum absolute atomic E-state index is 0.0398. The number of aryl methyl sites for hydroxylation is 1. The summed E-state index contributed by atoms with van der Waals surface area (Å²) in [7, 11) is -3.49. The predicted molar refractivity (Wildman–Crippen MR) is 143 cm³/mol. The third-order valence-electron chi connectivity index (χ3n) is 4.75. The van der Waals surface area contributed by atoms with Crippen LogP contribution in [0.1, 0.15) is 12.1 Å². The fourth-order valence-corrected chi connectivity index (χ4v) is 5.27. The van der Waals surface area contributed by atoms with Crippen molar-refractivity contribution in [2.24, 2.45) is 0 Å². The molecule has 0 bridgehead atoms. The standard InChI is InChI=1S/C23H32ClN3O9S2/c1-16-21(17-3-4-18(24)19(15-17)38(2,31)32)37-22(26-16)27-20(28)5-7-33-9-11-35-13-14-36-12-10-34-8-6-25-23(29)30/h3-4,15,25H,5-14H2,1-2H3,(H,29,30)(H,26,27,28). The van der Waals surface area contributed by atoms with E-state index in [1.54, 1.807) is 13.0 Å². The van der Waals surface area contributed by atoms with E-state index >= 15 is 0 Å². The summed E-state index contributed by atoms with van der Waals surface area (Å²) in [6.07, 6.45) is 0.149. The summed E-state index contributed by atoms with van der Waals surface area (Å²) in [5, 5.41) is 13.9. The van der Waals surface area contributed by atoms with Crippen LogP contribution in [0, 0.1) is 6.92 Å². The molecule has 0 saturated carbocycles. The Morgan fingerprint density at radius 3 is 2.16 bits per heavy atom. The van der Waals surface area contributed by atoms with Gasteiger partial charge < -0.3 is 34.7 Å². The van der Waals surface area contributed by atoms with Crippen molar-refractivity contribution in [3.63, 3.8) is 0 Å². The van der Waals surface area contributed by atoms with E-state index in [9.17, 15) is 18.0 Å². The van der Waals surface area contributed by atoms with Crippen LogP contribution in [0.4, 0.5) is 9.93 Å². The first-order valence-corrected chi connectivity index (χ1v) is 14.7. The highest BCUT2D eigenvalue weighted by Gasteiger charge is 2.17. The van der Waals surface area contributed by atoms with Crippen LogP contribution in [0.25, 0.3) is 10.4 Å². The number of aromatic nitrogens is 1. The molecule has 12 nitrogen and oxygen atoms in total. The molecule has 0 aliphatic rings. The molecule has 1 aromatic heterocycles. The van der Waals surface area contributed by atoms with Gasteiger partial charge in [0.15, 0.2) is 15.0 Å². The fraction of sp³-hybridized carbons (Fsp3) is 0.522. The van der Waals surface area contributed by atoms with Gasteiger partial charge in [0.05, 0.1) is 79.8 Å². The third-order valence-corrected chi connectivity index (χ3v) is 7.45. The van der Waals surface area contributed by atoms with Gasteiger partial charge in [-0.2, -0.15) is 0 Å². The molecule has 15 heteroatoms. The van der Waals surface area contributed by atoms with Crippen LogP contribution >= 0.6 is 22.9 Å². The number of halogens is 1. The highest BCUT2D eigenvalue weighted by Crippen LogP contribution is 2.35. The zero-order valence-corrected chi connectivity index (χ0v) is 23.5. The van der Waals surface area contributed by atoms with Crippen molar-refractivity contribution in [2.75, 3.05) is 71.0 Å². The molecule has 38 heavy (non-hydrogen) atoms. The maximum Gasteiger partial charge on any atom is 0.404 e. The van der Waals surface area contributed by atoms with Crippen LogP contribution in [0.5, 0.6) is 0 Å². The van der Waals surface area contributed by atoms with Gasteiger partial charge in [0.2, 0.25) is 5.91 Å². The highest BCUT2D eigenvalue weighted by atomic mass is 35.5. The van der Waals surface area contributed by atoms with E-state index in [2.05, 4.69) is 15.6 Å². The summed E-state index contributed by atoms with van der Waals surface area (Å²) >= 11 is 7.27. The van der Waals surface area contributed by atoms with E-state index < -0.39 is 15.9 Å². The Hall–Kier alpha value is -2.33. The van der Waals surface area contributed by atoms with E-state index in [0.29, 0.717) is 56.0 Å². The molecule has 0 aliphatic carbocycles. The van der Waals surface area contributed by atoms with E-state index in [4.69, 9.17) is 35.7 Å². The maximum atomic E-state index is 12.2. The number of carbonyl (C=O) groups excluding carboxylic acids is 1. The number of anilines is 1. The van der Waals surface area contributed by atoms with Crippen molar-refractivity contribution in [3.05, 3.63) is 28.9 Å². The summed E-state index contributed by atoms with van der Waals surface area (Å²) in [6.45, 7) is 4.70. The Kier molecular flexibility index (Phi) is 13.9. The van der Waals surface area contributed by atoms with Gasteiger partial charge in [-0.05, 0) is 24.6 Å². The lowest BCUT2D eigenvalue weighted by Gasteiger charge is -2.07. The van der Waals surface area contributed by atoms with Gasteiger partial charge in [-0.1, -0.05) is 29.0 Å². The van der Waals surface area contributed by atoms with Crippen LogP contribution in [-0.2, 0) is 33.6 Å². The number of sulfone groups is 1. The van der Waals surface area contributed by atoms with Gasteiger partial charge in [0.25, 0.3) is 0 Å². The number of nitrogens with zero attached hydrogens (tertiary/aromatic N) is 1. The summed E-state index contributed by atoms with van der Waals surface area (Å²) in [5.74, 6) is -0.256. The lowest BCUT2D eigenvalue weighted by atomic mass is 10.2. The highest BCUT2D eigenvalue weighted by molar-refractivity contribution is 7.90. The number of amides is 2. The molecule has 3 N–H and O–H groups in total. The first kappa shape index (κ1) is 31.9. The van der Waals surface area contributed by atoms with Crippen molar-refractivity contribution >= 4 is 49.9 Å².